The lowest BCUT2D eigenvalue weighted by atomic mass is 9.67. The molecule has 1 fully saturated rings. The summed E-state index contributed by atoms with van der Waals surface area (Å²) in [5, 5.41) is 3.26. The Morgan fingerprint density at radius 2 is 2.19 bits per heavy atom. The van der Waals surface area contributed by atoms with Gasteiger partial charge in [-0.15, -0.1) is 0 Å². The first kappa shape index (κ1) is 14.6. The molecule has 0 radical (unpaired) electrons. The number of fused-ring (bicyclic) bond motifs is 1. The molecule has 0 aromatic carbocycles. The maximum Gasteiger partial charge on any atom is 0.227 e. The first-order valence-electron chi connectivity index (χ1n) is 7.95. The monoisotopic (exact) mass is 290 g/mol. The number of hydrogen-bond acceptors (Lipinski definition) is 3. The van der Waals surface area contributed by atoms with E-state index in [0.29, 0.717) is 6.54 Å². The third kappa shape index (κ3) is 2.50. The molecule has 0 bridgehead atoms. The Morgan fingerprint density at radius 1 is 1.48 bits per heavy atom. The molecular formula is C17H26N2O2. The number of nitrogens with two attached hydrogens (primary N) is 1. The van der Waals surface area contributed by atoms with Crippen molar-refractivity contribution in [1.29, 1.82) is 0 Å². The summed E-state index contributed by atoms with van der Waals surface area (Å²) in [5.74, 6) is 2.09. The highest BCUT2D eigenvalue weighted by Gasteiger charge is 2.45. The molecule has 0 spiro atoms. The molecule has 1 unspecified atom stereocenters. The Balaban J connectivity index is 1.83. The van der Waals surface area contributed by atoms with Gasteiger partial charge >= 0.3 is 0 Å². The molecular weight excluding hydrogens is 264 g/mol. The fourth-order valence-corrected chi connectivity index (χ4v) is 3.75. The average molecular weight is 290 g/mol. The van der Waals surface area contributed by atoms with Crippen LogP contribution >= 0.6 is 0 Å². The number of carbonyl (C=O) groups excluding carboxylic acids is 1. The lowest BCUT2D eigenvalue weighted by molar-refractivity contribution is -0.136. The highest BCUT2D eigenvalue weighted by Crippen LogP contribution is 2.44. The molecule has 1 heterocycles. The first-order valence-corrected chi connectivity index (χ1v) is 7.95. The zero-order valence-electron chi connectivity index (χ0n) is 13.3. The SMILES string of the molecule is Cc1cc2c(o1)CC(C)(C)CC2NC(=O)C1(CN)CCC1. The minimum Gasteiger partial charge on any atom is -0.466 e. The van der Waals surface area contributed by atoms with E-state index in [0.717, 1.165) is 49.2 Å². The van der Waals surface area contributed by atoms with Gasteiger partial charge in [0, 0.05) is 18.5 Å². The molecule has 4 nitrogen and oxygen atoms in total. The highest BCUT2D eigenvalue weighted by molar-refractivity contribution is 5.84. The van der Waals surface area contributed by atoms with Gasteiger partial charge in [0.2, 0.25) is 5.91 Å². The predicted octanol–water partition coefficient (Wildman–Crippen LogP) is 2.85. The molecule has 2 aliphatic rings. The van der Waals surface area contributed by atoms with Crippen LogP contribution in [0.3, 0.4) is 0 Å². The number of furan rings is 1. The quantitative estimate of drug-likeness (QED) is 0.899. The lowest BCUT2D eigenvalue weighted by Gasteiger charge is -2.42. The van der Waals surface area contributed by atoms with E-state index < -0.39 is 0 Å². The van der Waals surface area contributed by atoms with E-state index >= 15 is 0 Å². The van der Waals surface area contributed by atoms with Crippen LogP contribution in [-0.4, -0.2) is 12.5 Å². The minimum absolute atomic E-state index is 0.0534. The van der Waals surface area contributed by atoms with Crippen molar-refractivity contribution in [3.63, 3.8) is 0 Å². The molecule has 21 heavy (non-hydrogen) atoms. The van der Waals surface area contributed by atoms with E-state index in [1.807, 2.05) is 6.92 Å². The first-order chi connectivity index (χ1) is 9.85. The topological polar surface area (TPSA) is 68.3 Å². The van der Waals surface area contributed by atoms with Crippen molar-refractivity contribution in [1.82, 2.24) is 5.32 Å². The van der Waals surface area contributed by atoms with Crippen LogP contribution in [0.1, 0.15) is 62.7 Å². The number of amides is 1. The smallest absolute Gasteiger partial charge is 0.227 e. The van der Waals surface area contributed by atoms with Crippen molar-refractivity contribution in [2.45, 2.75) is 58.9 Å². The third-order valence-corrected chi connectivity index (χ3v) is 5.22. The van der Waals surface area contributed by atoms with Gasteiger partial charge in [-0.05, 0) is 37.7 Å². The third-order valence-electron chi connectivity index (χ3n) is 5.22. The Kier molecular flexibility index (Phi) is 3.40. The summed E-state index contributed by atoms with van der Waals surface area (Å²) >= 11 is 0. The summed E-state index contributed by atoms with van der Waals surface area (Å²) in [4.78, 5) is 12.7. The van der Waals surface area contributed by atoms with E-state index in [1.54, 1.807) is 0 Å². The van der Waals surface area contributed by atoms with E-state index in [4.69, 9.17) is 10.2 Å². The van der Waals surface area contributed by atoms with Gasteiger partial charge in [0.25, 0.3) is 0 Å². The Hall–Kier alpha value is -1.29. The standard InChI is InChI=1S/C17H26N2O2/c1-11-7-12-13(8-16(2,3)9-14(12)21-11)19-15(20)17(10-18)5-4-6-17/h7,13H,4-6,8-10,18H2,1-3H3,(H,19,20). The predicted molar refractivity (Wildman–Crippen MR) is 81.8 cm³/mol. The van der Waals surface area contributed by atoms with Crippen molar-refractivity contribution < 1.29 is 9.21 Å². The van der Waals surface area contributed by atoms with Gasteiger partial charge in [0.05, 0.1) is 11.5 Å². The number of nitrogens with one attached hydrogen (secondary N) is 1. The summed E-state index contributed by atoms with van der Waals surface area (Å²) in [6, 6.07) is 2.13. The largest absolute Gasteiger partial charge is 0.466 e. The number of hydrogen-bond donors (Lipinski definition) is 2. The van der Waals surface area contributed by atoms with Crippen molar-refractivity contribution in [3.05, 3.63) is 23.2 Å². The van der Waals surface area contributed by atoms with Gasteiger partial charge in [0.1, 0.15) is 11.5 Å². The zero-order chi connectivity index (χ0) is 15.3. The maximum atomic E-state index is 12.7. The molecule has 1 amide bonds. The fraction of sp³-hybridized carbons (Fsp3) is 0.706. The number of carbonyl (C=O) groups is 1. The van der Waals surface area contributed by atoms with Gasteiger partial charge < -0.3 is 15.5 Å². The van der Waals surface area contributed by atoms with Gasteiger partial charge in [-0.1, -0.05) is 20.3 Å². The molecule has 3 rings (SSSR count). The van der Waals surface area contributed by atoms with Crippen molar-refractivity contribution >= 4 is 5.91 Å². The molecule has 1 aromatic rings. The second-order valence-corrected chi connectivity index (χ2v) is 7.64. The second kappa shape index (κ2) is 4.87. The van der Waals surface area contributed by atoms with E-state index in [2.05, 4.69) is 25.2 Å². The molecule has 0 aliphatic heterocycles. The van der Waals surface area contributed by atoms with Crippen LogP contribution < -0.4 is 11.1 Å². The fourth-order valence-electron chi connectivity index (χ4n) is 3.75. The highest BCUT2D eigenvalue weighted by atomic mass is 16.3. The molecule has 3 N–H and O–H groups in total. The maximum absolute atomic E-state index is 12.7. The van der Waals surface area contributed by atoms with Gasteiger partial charge in [-0.3, -0.25) is 4.79 Å². The lowest BCUT2D eigenvalue weighted by Crippen LogP contribution is -2.51. The molecule has 1 aromatic heterocycles. The van der Waals surface area contributed by atoms with E-state index in [9.17, 15) is 4.79 Å². The molecule has 1 saturated carbocycles. The van der Waals surface area contributed by atoms with Crippen LogP contribution in [0.15, 0.2) is 10.5 Å². The van der Waals surface area contributed by atoms with Gasteiger partial charge in [-0.25, -0.2) is 0 Å². The molecule has 1 atom stereocenters. The average Bonchev–Trinajstić information content (AvgIpc) is 2.67. The van der Waals surface area contributed by atoms with Gasteiger partial charge in [0.15, 0.2) is 0 Å². The van der Waals surface area contributed by atoms with Crippen molar-refractivity contribution in [2.24, 2.45) is 16.6 Å². The zero-order valence-corrected chi connectivity index (χ0v) is 13.3. The van der Waals surface area contributed by atoms with Crippen LogP contribution in [-0.2, 0) is 11.2 Å². The minimum atomic E-state index is -0.319. The number of aryl methyl sites for hydroxylation is 1. The summed E-state index contributed by atoms with van der Waals surface area (Å²) in [5.41, 5.74) is 6.83. The van der Waals surface area contributed by atoms with Crippen molar-refractivity contribution in [3.8, 4) is 0 Å². The van der Waals surface area contributed by atoms with Crippen LogP contribution in [0.5, 0.6) is 0 Å². The second-order valence-electron chi connectivity index (χ2n) is 7.64. The number of rotatable bonds is 3. The van der Waals surface area contributed by atoms with Crippen LogP contribution in [0.4, 0.5) is 0 Å². The Bertz CT molecular complexity index is 550. The molecule has 116 valence electrons. The van der Waals surface area contributed by atoms with Crippen molar-refractivity contribution in [2.75, 3.05) is 6.54 Å². The Labute approximate surface area is 126 Å². The molecule has 2 aliphatic carbocycles. The van der Waals surface area contributed by atoms with E-state index in [1.165, 1.54) is 0 Å². The summed E-state index contributed by atoms with van der Waals surface area (Å²) < 4.78 is 5.83. The molecule has 4 heteroatoms. The summed E-state index contributed by atoms with van der Waals surface area (Å²) in [6.07, 6.45) is 4.83. The summed E-state index contributed by atoms with van der Waals surface area (Å²) in [7, 11) is 0. The Morgan fingerprint density at radius 3 is 2.76 bits per heavy atom. The van der Waals surface area contributed by atoms with Crippen LogP contribution in [0.25, 0.3) is 0 Å². The normalized spacial score (nSPS) is 25.8. The molecule has 0 saturated heterocycles. The van der Waals surface area contributed by atoms with Gasteiger partial charge in [-0.2, -0.15) is 0 Å². The van der Waals surface area contributed by atoms with Crippen LogP contribution in [0.2, 0.25) is 0 Å². The van der Waals surface area contributed by atoms with Crippen LogP contribution in [0, 0.1) is 17.8 Å². The summed E-state index contributed by atoms with van der Waals surface area (Å²) in [6.45, 7) is 6.88. The van der Waals surface area contributed by atoms with E-state index in [-0.39, 0.29) is 22.8 Å².